The number of aromatic nitrogens is 4. The third kappa shape index (κ3) is 4.49. The average Bonchev–Trinajstić information content (AvgIpc) is 3.42. The third-order valence-electron chi connectivity index (χ3n) is 5.27. The van der Waals surface area contributed by atoms with Crippen LogP contribution in [0, 0.1) is 17.5 Å². The fraction of sp³-hybridized carbons (Fsp3) is 0. The second-order valence-electron chi connectivity index (χ2n) is 7.65. The van der Waals surface area contributed by atoms with Gasteiger partial charge in [-0.25, -0.2) is 22.9 Å². The normalized spacial score (nSPS) is 10.9. The summed E-state index contributed by atoms with van der Waals surface area (Å²) in [6.45, 7) is 0. The van der Waals surface area contributed by atoms with E-state index in [-0.39, 0.29) is 22.5 Å². The van der Waals surface area contributed by atoms with Crippen molar-refractivity contribution >= 4 is 34.2 Å². The van der Waals surface area contributed by atoms with Crippen LogP contribution in [-0.2, 0) is 0 Å². The van der Waals surface area contributed by atoms with E-state index in [1.807, 2.05) is 0 Å². The van der Waals surface area contributed by atoms with Crippen LogP contribution >= 0.6 is 0 Å². The summed E-state index contributed by atoms with van der Waals surface area (Å²) in [7, 11) is 0. The van der Waals surface area contributed by atoms with Gasteiger partial charge in [-0.3, -0.25) is 14.9 Å². The van der Waals surface area contributed by atoms with E-state index in [1.54, 1.807) is 24.7 Å². The van der Waals surface area contributed by atoms with Crippen molar-refractivity contribution in [3.8, 4) is 11.3 Å². The zero-order chi connectivity index (χ0) is 25.2. The molecule has 5 rings (SSSR count). The number of urea groups is 1. The van der Waals surface area contributed by atoms with Crippen LogP contribution in [0.25, 0.3) is 22.3 Å². The van der Waals surface area contributed by atoms with Gasteiger partial charge >= 0.3 is 6.03 Å². The molecule has 3 aromatic carbocycles. The molecule has 2 heterocycles. The highest BCUT2D eigenvalue weighted by molar-refractivity contribution is 6.11. The minimum absolute atomic E-state index is 0.0360. The zero-order valence-electron chi connectivity index (χ0n) is 18.2. The van der Waals surface area contributed by atoms with E-state index < -0.39 is 29.3 Å². The Morgan fingerprint density at radius 2 is 1.72 bits per heavy atom. The molecule has 36 heavy (non-hydrogen) atoms. The number of aromatic amines is 1. The zero-order valence-corrected chi connectivity index (χ0v) is 18.2. The molecule has 5 aromatic rings. The van der Waals surface area contributed by atoms with Gasteiger partial charge in [0.05, 0.1) is 40.4 Å². The van der Waals surface area contributed by atoms with Gasteiger partial charge in [0, 0.05) is 29.1 Å². The number of H-pyrrole nitrogens is 1. The van der Waals surface area contributed by atoms with Crippen molar-refractivity contribution in [3.05, 3.63) is 102 Å². The highest BCUT2D eigenvalue weighted by Crippen LogP contribution is 2.24. The van der Waals surface area contributed by atoms with Crippen molar-refractivity contribution in [3.63, 3.8) is 0 Å². The molecule has 3 N–H and O–H groups in total. The second kappa shape index (κ2) is 9.29. The fourth-order valence-corrected chi connectivity index (χ4v) is 3.50. The Kier molecular flexibility index (Phi) is 5.87. The average molecular weight is 488 g/mol. The lowest BCUT2D eigenvalue weighted by Gasteiger charge is -2.11. The number of fused-ring (bicyclic) bond motifs is 1. The Hall–Kier alpha value is -5.06. The number of benzene rings is 3. The number of anilines is 2. The number of carbonyl (C=O) groups is 2. The molecule has 178 valence electrons. The van der Waals surface area contributed by atoms with E-state index in [0.717, 1.165) is 18.2 Å². The van der Waals surface area contributed by atoms with E-state index in [1.165, 1.54) is 30.3 Å². The van der Waals surface area contributed by atoms with Crippen LogP contribution in [0.2, 0.25) is 0 Å². The van der Waals surface area contributed by atoms with E-state index >= 15 is 4.39 Å². The molecule has 2 aromatic heterocycles. The number of ketones is 1. The van der Waals surface area contributed by atoms with Crippen LogP contribution < -0.4 is 10.6 Å². The first-order valence-corrected chi connectivity index (χ1v) is 10.5. The summed E-state index contributed by atoms with van der Waals surface area (Å²) < 4.78 is 41.6. The molecule has 0 saturated carbocycles. The topological polar surface area (TPSA) is 113 Å². The number of hydrogen-bond acceptors (Lipinski definition) is 5. The Morgan fingerprint density at radius 3 is 2.50 bits per heavy atom. The molecule has 0 aliphatic rings. The number of nitrogens with one attached hydrogen (secondary N) is 3. The van der Waals surface area contributed by atoms with Crippen LogP contribution in [-0.4, -0.2) is 32.0 Å². The monoisotopic (exact) mass is 488 g/mol. The maximum Gasteiger partial charge on any atom is 0.323 e. The quantitative estimate of drug-likeness (QED) is 0.290. The summed E-state index contributed by atoms with van der Waals surface area (Å²) in [6.07, 6.45) is 4.82. The molecular weight excluding hydrogens is 473 g/mol. The first kappa shape index (κ1) is 22.7. The number of amides is 2. The largest absolute Gasteiger partial charge is 0.323 e. The first-order chi connectivity index (χ1) is 17.4. The summed E-state index contributed by atoms with van der Waals surface area (Å²) >= 11 is 0. The second-order valence-corrected chi connectivity index (χ2v) is 7.65. The van der Waals surface area contributed by atoms with Crippen LogP contribution in [0.3, 0.4) is 0 Å². The number of carbonyl (C=O) groups excluding carboxylic acids is 2. The molecule has 8 nitrogen and oxygen atoms in total. The molecule has 0 fully saturated rings. The van der Waals surface area contributed by atoms with Gasteiger partial charge in [0.25, 0.3) is 0 Å². The summed E-state index contributed by atoms with van der Waals surface area (Å²) in [5.41, 5.74) is 1.82. The third-order valence-corrected chi connectivity index (χ3v) is 5.27. The van der Waals surface area contributed by atoms with Crippen molar-refractivity contribution < 1.29 is 22.8 Å². The lowest BCUT2D eigenvalue weighted by Crippen LogP contribution is -2.21. The van der Waals surface area contributed by atoms with Gasteiger partial charge in [0.1, 0.15) is 0 Å². The number of hydrogen-bond donors (Lipinski definition) is 3. The van der Waals surface area contributed by atoms with Gasteiger partial charge in [0.15, 0.2) is 23.2 Å². The predicted octanol–water partition coefficient (Wildman–Crippen LogP) is 5.31. The Labute approximate surface area is 201 Å². The number of halogens is 3. The molecule has 2 amide bonds. The van der Waals surface area contributed by atoms with E-state index in [0.29, 0.717) is 22.3 Å². The number of nitrogens with zero attached hydrogens (tertiary/aromatic N) is 3. The summed E-state index contributed by atoms with van der Waals surface area (Å²) in [5, 5.41) is 11.1. The molecule has 0 atom stereocenters. The van der Waals surface area contributed by atoms with Crippen LogP contribution in [0.1, 0.15) is 15.9 Å². The standard InChI is InChI=1S/C25H15F3N6O2/c26-17-6-5-15(9-18(17)27)32-25(36)34-20-3-1-2-16(23(20)28)24(35)13-4-7-19-21(8-13)33-22(12-29-19)14-10-30-31-11-14/h1-12H,(H,30,31)(H2,32,34,36). The van der Waals surface area contributed by atoms with E-state index in [2.05, 4.69) is 30.8 Å². The molecular formula is C25H15F3N6O2. The molecule has 0 saturated heterocycles. The van der Waals surface area contributed by atoms with Gasteiger partial charge < -0.3 is 10.6 Å². The van der Waals surface area contributed by atoms with Gasteiger partial charge in [-0.2, -0.15) is 5.10 Å². The molecule has 0 unspecified atom stereocenters. The SMILES string of the molecule is O=C(Nc1ccc(F)c(F)c1)Nc1cccc(C(=O)c2ccc3ncc(-c4cn[nH]c4)nc3c2)c1F. The lowest BCUT2D eigenvalue weighted by molar-refractivity contribution is 0.103. The Bertz CT molecular complexity index is 1620. The molecule has 11 heteroatoms. The van der Waals surface area contributed by atoms with Gasteiger partial charge in [-0.1, -0.05) is 6.07 Å². The maximum absolute atomic E-state index is 15.2. The summed E-state index contributed by atoms with van der Waals surface area (Å²) in [6, 6.07) is 10.4. The number of rotatable bonds is 5. The van der Waals surface area contributed by atoms with Crippen molar-refractivity contribution in [2.24, 2.45) is 0 Å². The minimum atomic E-state index is -1.15. The molecule has 0 aliphatic heterocycles. The summed E-state index contributed by atoms with van der Waals surface area (Å²) in [5.74, 6) is -3.81. The van der Waals surface area contributed by atoms with Crippen molar-refractivity contribution in [2.45, 2.75) is 0 Å². The van der Waals surface area contributed by atoms with Crippen LogP contribution in [0.5, 0.6) is 0 Å². The predicted molar refractivity (Wildman–Crippen MR) is 126 cm³/mol. The van der Waals surface area contributed by atoms with Crippen molar-refractivity contribution in [2.75, 3.05) is 10.6 Å². The fourth-order valence-electron chi connectivity index (χ4n) is 3.50. The highest BCUT2D eigenvalue weighted by atomic mass is 19.2. The molecule has 0 aliphatic carbocycles. The van der Waals surface area contributed by atoms with Gasteiger partial charge in [0.2, 0.25) is 0 Å². The lowest BCUT2D eigenvalue weighted by atomic mass is 10.0. The Balaban J connectivity index is 1.39. The Morgan fingerprint density at radius 1 is 0.861 bits per heavy atom. The highest BCUT2D eigenvalue weighted by Gasteiger charge is 2.19. The smallest absolute Gasteiger partial charge is 0.308 e. The first-order valence-electron chi connectivity index (χ1n) is 10.5. The molecule has 0 spiro atoms. The van der Waals surface area contributed by atoms with E-state index in [9.17, 15) is 18.4 Å². The van der Waals surface area contributed by atoms with E-state index in [4.69, 9.17) is 0 Å². The van der Waals surface area contributed by atoms with Gasteiger partial charge in [-0.15, -0.1) is 0 Å². The van der Waals surface area contributed by atoms with Gasteiger partial charge in [-0.05, 0) is 42.5 Å². The van der Waals surface area contributed by atoms with Crippen molar-refractivity contribution in [1.29, 1.82) is 0 Å². The molecule has 0 bridgehead atoms. The minimum Gasteiger partial charge on any atom is -0.308 e. The summed E-state index contributed by atoms with van der Waals surface area (Å²) in [4.78, 5) is 34.2. The molecule has 0 radical (unpaired) electrons. The van der Waals surface area contributed by atoms with Crippen molar-refractivity contribution in [1.82, 2.24) is 20.2 Å². The van der Waals surface area contributed by atoms with Crippen LogP contribution in [0.4, 0.5) is 29.3 Å². The maximum atomic E-state index is 15.2. The van der Waals surface area contributed by atoms with Crippen LogP contribution in [0.15, 0.2) is 73.2 Å².